The van der Waals surface area contributed by atoms with E-state index in [1.165, 1.54) is 5.56 Å². The van der Waals surface area contributed by atoms with Crippen LogP contribution in [0.25, 0.3) is 0 Å². The molecule has 8 nitrogen and oxygen atoms in total. The number of aliphatic hydroxyl groups is 1. The highest BCUT2D eigenvalue weighted by Crippen LogP contribution is 2.46. The Hall–Kier alpha value is -3.39. The van der Waals surface area contributed by atoms with Crippen LogP contribution in [0.1, 0.15) is 68.6 Å². The molecule has 8 heteroatoms. The van der Waals surface area contributed by atoms with Gasteiger partial charge in [0.05, 0.1) is 12.2 Å². The second-order valence-corrected chi connectivity index (χ2v) is 11.1. The number of allylic oxidation sites excluding steroid dienone is 1. The molecule has 40 heavy (non-hydrogen) atoms. The first-order chi connectivity index (χ1) is 19.2. The van der Waals surface area contributed by atoms with Crippen LogP contribution in [-0.4, -0.2) is 46.6 Å². The zero-order valence-corrected chi connectivity index (χ0v) is 24.4. The number of hydrogen-bond donors (Lipinski definition) is 1. The molecule has 1 saturated carbocycles. The third-order valence-electron chi connectivity index (χ3n) is 8.09. The monoisotopic (exact) mass is 549 g/mol. The first-order valence-corrected chi connectivity index (χ1v) is 14.3. The van der Waals surface area contributed by atoms with Crippen molar-refractivity contribution in [1.29, 1.82) is 0 Å². The van der Waals surface area contributed by atoms with Crippen LogP contribution >= 0.6 is 0 Å². The fourth-order valence-electron chi connectivity index (χ4n) is 5.90. The lowest BCUT2D eigenvalue weighted by Gasteiger charge is -2.42. The Labute approximate surface area is 237 Å². The van der Waals surface area contributed by atoms with Crippen molar-refractivity contribution < 1.29 is 24.1 Å². The molecule has 0 amide bonds. The highest BCUT2D eigenvalue weighted by molar-refractivity contribution is 5.90. The Morgan fingerprint density at radius 3 is 2.75 bits per heavy atom. The zero-order valence-electron chi connectivity index (χ0n) is 24.4. The van der Waals surface area contributed by atoms with Gasteiger partial charge in [0.2, 0.25) is 5.62 Å². The maximum atomic E-state index is 13.4. The van der Waals surface area contributed by atoms with Gasteiger partial charge in [0.25, 0.3) is 0 Å². The van der Waals surface area contributed by atoms with Gasteiger partial charge in [0, 0.05) is 45.1 Å². The number of hydrogen-bond acceptors (Lipinski definition) is 7. The average Bonchev–Trinajstić information content (AvgIpc) is 3.48. The number of aliphatic hydroxyl groups excluding tert-OH is 1. The molecule has 1 aromatic heterocycles. The highest BCUT2D eigenvalue weighted by Gasteiger charge is 2.48. The van der Waals surface area contributed by atoms with Gasteiger partial charge in [0.15, 0.2) is 0 Å². The summed E-state index contributed by atoms with van der Waals surface area (Å²) in [6.45, 7) is 9.09. The largest absolute Gasteiger partial charge is 0.512 e. The molecule has 2 aromatic rings. The average molecular weight is 550 g/mol. The van der Waals surface area contributed by atoms with E-state index < -0.39 is 11.6 Å². The molecule has 0 saturated heterocycles. The smallest absolute Gasteiger partial charge is 0.338 e. The summed E-state index contributed by atoms with van der Waals surface area (Å²) in [4.78, 5) is 22.3. The van der Waals surface area contributed by atoms with E-state index in [1.807, 2.05) is 26.2 Å². The SMILES string of the molecule is C=C(CC1=C(O)CC(CCc2cc(CC)ccc2OCCOC)(C2CCCC2)OC1=O)N=c1ncc(C)cn1C. The number of methoxy groups -OCH3 is 1. The van der Waals surface area contributed by atoms with Crippen LogP contribution in [-0.2, 0) is 34.2 Å². The molecule has 0 bridgehead atoms. The number of rotatable bonds is 12. The van der Waals surface area contributed by atoms with Crippen molar-refractivity contribution in [2.45, 2.75) is 77.2 Å². The van der Waals surface area contributed by atoms with Gasteiger partial charge in [-0.25, -0.2) is 14.8 Å². The van der Waals surface area contributed by atoms with Crippen molar-refractivity contribution in [3.63, 3.8) is 0 Å². The molecule has 2 heterocycles. The van der Waals surface area contributed by atoms with Gasteiger partial charge in [-0.1, -0.05) is 38.5 Å². The van der Waals surface area contributed by atoms with E-state index in [9.17, 15) is 9.90 Å². The molecule has 1 fully saturated rings. The summed E-state index contributed by atoms with van der Waals surface area (Å²) in [5, 5.41) is 11.3. The Bertz CT molecular complexity index is 1320. The molecule has 0 spiro atoms. The topological polar surface area (TPSA) is 95.2 Å². The quantitative estimate of drug-likeness (QED) is 0.280. The predicted octanol–water partition coefficient (Wildman–Crippen LogP) is 5.44. The van der Waals surface area contributed by atoms with Crippen LogP contribution in [0, 0.1) is 12.8 Å². The number of nitrogens with zero attached hydrogens (tertiary/aromatic N) is 3. The van der Waals surface area contributed by atoms with E-state index >= 15 is 0 Å². The Morgan fingerprint density at radius 2 is 2.08 bits per heavy atom. The maximum absolute atomic E-state index is 13.4. The number of benzene rings is 1. The molecule has 1 aliphatic heterocycles. The van der Waals surface area contributed by atoms with Crippen LogP contribution in [0.5, 0.6) is 5.75 Å². The highest BCUT2D eigenvalue weighted by atomic mass is 16.6. The van der Waals surface area contributed by atoms with Crippen LogP contribution < -0.4 is 10.4 Å². The first kappa shape index (κ1) is 29.6. The molecular formula is C32H43N3O5. The van der Waals surface area contributed by atoms with Gasteiger partial charge >= 0.3 is 5.97 Å². The van der Waals surface area contributed by atoms with E-state index in [0.717, 1.165) is 49.0 Å². The second kappa shape index (κ2) is 13.3. The standard InChI is InChI=1S/C32H43N3O5/c1-6-24-11-12-29(39-16-15-38-5)25(18-24)13-14-32(26-9-7-8-10-26)19-28(36)27(30(37)40-32)17-23(3)34-31-33-20-22(2)21-35(31)4/h11-12,18,20-21,26,36H,3,6-10,13-17,19H2,1-2,4-5H3. The van der Waals surface area contributed by atoms with Crippen molar-refractivity contribution in [2.24, 2.45) is 18.0 Å². The number of carbonyl (C=O) groups is 1. The lowest BCUT2D eigenvalue weighted by Crippen LogP contribution is -2.46. The predicted molar refractivity (Wildman–Crippen MR) is 154 cm³/mol. The van der Waals surface area contributed by atoms with E-state index in [0.29, 0.717) is 43.8 Å². The first-order valence-electron chi connectivity index (χ1n) is 14.3. The molecule has 0 radical (unpaired) electrons. The number of aryl methyl sites for hydroxylation is 4. The van der Waals surface area contributed by atoms with Crippen LogP contribution in [0.15, 0.2) is 59.2 Å². The lowest BCUT2D eigenvalue weighted by molar-refractivity contribution is -0.167. The number of cyclic esters (lactones) is 1. The van der Waals surface area contributed by atoms with E-state index in [-0.39, 0.29) is 23.7 Å². The molecule has 4 rings (SSSR count). The molecule has 1 aromatic carbocycles. The normalized spacial score (nSPS) is 20.2. The molecule has 1 atom stereocenters. The van der Waals surface area contributed by atoms with Gasteiger partial charge < -0.3 is 23.9 Å². The summed E-state index contributed by atoms with van der Waals surface area (Å²) in [6.07, 6.45) is 10.5. The summed E-state index contributed by atoms with van der Waals surface area (Å²) in [5.74, 6) is 0.636. The van der Waals surface area contributed by atoms with Crippen LogP contribution in [0.2, 0.25) is 0 Å². The molecule has 1 N–H and O–H groups in total. The van der Waals surface area contributed by atoms with Gasteiger partial charge in [-0.15, -0.1) is 0 Å². The summed E-state index contributed by atoms with van der Waals surface area (Å²) < 4.78 is 19.3. The Kier molecular flexibility index (Phi) is 9.85. The minimum Gasteiger partial charge on any atom is -0.512 e. The fourth-order valence-corrected chi connectivity index (χ4v) is 5.90. The molecule has 2 aliphatic rings. The van der Waals surface area contributed by atoms with Crippen molar-refractivity contribution >= 4 is 5.97 Å². The Morgan fingerprint density at radius 1 is 1.30 bits per heavy atom. The minimum atomic E-state index is -0.753. The second-order valence-electron chi connectivity index (χ2n) is 11.1. The van der Waals surface area contributed by atoms with E-state index in [4.69, 9.17) is 14.2 Å². The third-order valence-corrected chi connectivity index (χ3v) is 8.09. The van der Waals surface area contributed by atoms with E-state index in [1.54, 1.807) is 17.9 Å². The zero-order chi connectivity index (χ0) is 28.7. The van der Waals surface area contributed by atoms with Crippen molar-refractivity contribution in [3.05, 3.63) is 76.5 Å². The molecule has 1 unspecified atom stereocenters. The number of ether oxygens (including phenoxy) is 3. The van der Waals surface area contributed by atoms with Crippen molar-refractivity contribution in [1.82, 2.24) is 9.55 Å². The van der Waals surface area contributed by atoms with E-state index in [2.05, 4.69) is 35.6 Å². The molecular weight excluding hydrogens is 506 g/mol. The van der Waals surface area contributed by atoms with Crippen LogP contribution in [0.3, 0.4) is 0 Å². The minimum absolute atomic E-state index is 0.0830. The van der Waals surface area contributed by atoms with Gasteiger partial charge in [-0.2, -0.15) is 0 Å². The summed E-state index contributed by atoms with van der Waals surface area (Å²) >= 11 is 0. The number of aromatic nitrogens is 2. The van der Waals surface area contributed by atoms with Gasteiger partial charge in [-0.05, 0) is 67.7 Å². The summed E-state index contributed by atoms with van der Waals surface area (Å²) in [6, 6.07) is 6.29. The molecule has 216 valence electrons. The van der Waals surface area contributed by atoms with Gasteiger partial charge in [0.1, 0.15) is 23.7 Å². The van der Waals surface area contributed by atoms with Crippen LogP contribution in [0.4, 0.5) is 0 Å². The van der Waals surface area contributed by atoms with Gasteiger partial charge in [-0.3, -0.25) is 0 Å². The number of carbonyl (C=O) groups excluding carboxylic acids is 1. The fraction of sp³-hybridized carbons (Fsp3) is 0.531. The number of esters is 1. The third kappa shape index (κ3) is 7.02. The summed E-state index contributed by atoms with van der Waals surface area (Å²) in [5.41, 5.74) is 3.73. The van der Waals surface area contributed by atoms with Crippen molar-refractivity contribution in [2.75, 3.05) is 20.3 Å². The summed E-state index contributed by atoms with van der Waals surface area (Å²) in [7, 11) is 3.52. The maximum Gasteiger partial charge on any atom is 0.338 e. The Balaban J connectivity index is 1.57. The molecule has 1 aliphatic carbocycles. The van der Waals surface area contributed by atoms with Crippen molar-refractivity contribution in [3.8, 4) is 5.75 Å². The lowest BCUT2D eigenvalue weighted by atomic mass is 9.76.